The predicted octanol–water partition coefficient (Wildman–Crippen LogP) is 5.49. The van der Waals surface area contributed by atoms with Gasteiger partial charge in [-0.15, -0.1) is 0 Å². The van der Waals surface area contributed by atoms with Crippen molar-refractivity contribution in [3.05, 3.63) is 35.1 Å². The molecule has 1 aromatic carbocycles. The summed E-state index contributed by atoms with van der Waals surface area (Å²) < 4.78 is 13.8. The van der Waals surface area contributed by atoms with Crippen LogP contribution in [0.4, 0.5) is 4.39 Å². The molecule has 0 heterocycles. The summed E-state index contributed by atoms with van der Waals surface area (Å²) in [6, 6.07) is 5.44. The first-order valence-corrected chi connectivity index (χ1v) is 8.42. The van der Waals surface area contributed by atoms with Crippen molar-refractivity contribution in [2.45, 2.75) is 65.2 Å². The van der Waals surface area contributed by atoms with Gasteiger partial charge in [0.1, 0.15) is 5.82 Å². The lowest BCUT2D eigenvalue weighted by Gasteiger charge is -2.51. The van der Waals surface area contributed by atoms with E-state index in [0.29, 0.717) is 5.41 Å². The maximum absolute atomic E-state index is 13.8. The Labute approximate surface area is 128 Å². The smallest absolute Gasteiger partial charge is 0.127 e. The number of hydrogen-bond acceptors (Lipinski definition) is 0. The normalized spacial score (nSPS) is 30.8. The molecule has 4 rings (SSSR count). The number of halogens is 1. The molecule has 112 valence electrons. The molecule has 0 aromatic heterocycles. The molecule has 0 saturated heterocycles. The van der Waals surface area contributed by atoms with Gasteiger partial charge < -0.3 is 0 Å². The van der Waals surface area contributed by atoms with E-state index < -0.39 is 0 Å². The van der Waals surface area contributed by atoms with Crippen LogP contribution in [0.15, 0.2) is 18.2 Å². The average molecular weight is 284 g/mol. The predicted molar refractivity (Wildman–Crippen MR) is 85.5 cm³/mol. The van der Waals surface area contributed by atoms with Crippen molar-refractivity contribution in [2.24, 2.45) is 10.8 Å². The maximum Gasteiger partial charge on any atom is 0.127 e. The van der Waals surface area contributed by atoms with Gasteiger partial charge in [-0.3, -0.25) is 0 Å². The fourth-order valence-electron chi connectivity index (χ4n) is 4.10. The average Bonchev–Trinajstić information content (AvgIpc) is 2.55. The van der Waals surface area contributed by atoms with Crippen LogP contribution in [-0.2, 0) is 6.42 Å². The largest absolute Gasteiger partial charge is 0.207 e. The van der Waals surface area contributed by atoms with Crippen LogP contribution in [0.3, 0.4) is 0 Å². The Kier molecular flexibility index (Phi) is 3.82. The van der Waals surface area contributed by atoms with Crippen LogP contribution in [-0.4, -0.2) is 0 Å². The van der Waals surface area contributed by atoms with Gasteiger partial charge in [0.15, 0.2) is 0 Å². The topological polar surface area (TPSA) is 0 Å². The monoisotopic (exact) mass is 284 g/mol. The third kappa shape index (κ3) is 2.73. The van der Waals surface area contributed by atoms with E-state index in [1.54, 1.807) is 6.07 Å². The van der Waals surface area contributed by atoms with Crippen LogP contribution in [0, 0.1) is 28.5 Å². The maximum atomic E-state index is 13.8. The zero-order chi connectivity index (χ0) is 14.9. The van der Waals surface area contributed by atoms with Crippen molar-refractivity contribution in [2.75, 3.05) is 0 Å². The van der Waals surface area contributed by atoms with E-state index in [4.69, 9.17) is 0 Å². The summed E-state index contributed by atoms with van der Waals surface area (Å²) in [6.45, 7) is 4.31. The van der Waals surface area contributed by atoms with Crippen LogP contribution >= 0.6 is 0 Å². The summed E-state index contributed by atoms with van der Waals surface area (Å²) in [7, 11) is 0. The van der Waals surface area contributed by atoms with Gasteiger partial charge in [-0.25, -0.2) is 4.39 Å². The Bertz CT molecular complexity index is 563. The van der Waals surface area contributed by atoms with Crippen LogP contribution in [0.1, 0.15) is 69.9 Å². The Balaban J connectivity index is 1.78. The molecule has 3 saturated carbocycles. The van der Waals surface area contributed by atoms with Gasteiger partial charge in [-0.1, -0.05) is 38.2 Å². The van der Waals surface area contributed by atoms with Gasteiger partial charge in [-0.05, 0) is 68.1 Å². The van der Waals surface area contributed by atoms with E-state index in [2.05, 4.69) is 18.8 Å². The number of rotatable bonds is 2. The fraction of sp³-hybridized carbons (Fsp3) is 0.600. The van der Waals surface area contributed by atoms with Gasteiger partial charge >= 0.3 is 0 Å². The number of aryl methyl sites for hydroxylation is 1. The van der Waals surface area contributed by atoms with Gasteiger partial charge in [0.2, 0.25) is 0 Å². The van der Waals surface area contributed by atoms with E-state index >= 15 is 0 Å². The highest BCUT2D eigenvalue weighted by Crippen LogP contribution is 2.57. The molecule has 0 atom stereocenters. The van der Waals surface area contributed by atoms with Gasteiger partial charge in [0, 0.05) is 11.0 Å². The molecule has 0 unspecified atom stereocenters. The standard InChI is InChI=1S/C20H25F/c1-3-17-6-5-16(15-18(17)21)7-8-20-12-9-19(4-2,10-13-20)11-14-20/h5-6,15H,3-4,9-14H2,1-2H3. The number of benzene rings is 1. The van der Waals surface area contributed by atoms with Crippen molar-refractivity contribution in [1.29, 1.82) is 0 Å². The molecule has 0 spiro atoms. The molecule has 3 aliphatic carbocycles. The van der Waals surface area contributed by atoms with Crippen molar-refractivity contribution in [1.82, 2.24) is 0 Å². The van der Waals surface area contributed by atoms with E-state index in [0.717, 1.165) is 17.5 Å². The first-order chi connectivity index (χ1) is 10.1. The second-order valence-electron chi connectivity index (χ2n) is 7.04. The summed E-state index contributed by atoms with van der Waals surface area (Å²) in [5, 5.41) is 0. The minimum atomic E-state index is -0.112. The minimum Gasteiger partial charge on any atom is -0.207 e. The highest BCUT2D eigenvalue weighted by molar-refractivity contribution is 5.38. The number of hydrogen-bond donors (Lipinski definition) is 0. The SMILES string of the molecule is CCc1ccc(C#CC23CCC(CC)(CC2)CC3)cc1F. The van der Waals surface area contributed by atoms with Crippen LogP contribution in [0.5, 0.6) is 0 Å². The Morgan fingerprint density at radius 2 is 1.71 bits per heavy atom. The molecule has 2 bridgehead atoms. The van der Waals surface area contributed by atoms with Gasteiger partial charge in [0.25, 0.3) is 0 Å². The molecule has 0 nitrogen and oxygen atoms in total. The van der Waals surface area contributed by atoms with E-state index in [1.807, 2.05) is 19.1 Å². The summed E-state index contributed by atoms with van der Waals surface area (Å²) in [5.41, 5.74) is 2.45. The molecule has 21 heavy (non-hydrogen) atoms. The zero-order valence-corrected chi connectivity index (χ0v) is 13.3. The van der Waals surface area contributed by atoms with Gasteiger partial charge in [-0.2, -0.15) is 0 Å². The molecular weight excluding hydrogens is 259 g/mol. The highest BCUT2D eigenvalue weighted by Gasteiger charge is 2.46. The molecule has 0 N–H and O–H groups in total. The van der Waals surface area contributed by atoms with Crippen LogP contribution < -0.4 is 0 Å². The zero-order valence-electron chi connectivity index (χ0n) is 13.3. The van der Waals surface area contributed by atoms with Gasteiger partial charge in [0.05, 0.1) is 0 Å². The first kappa shape index (κ1) is 14.6. The van der Waals surface area contributed by atoms with Crippen molar-refractivity contribution < 1.29 is 4.39 Å². The summed E-state index contributed by atoms with van der Waals surface area (Å²) in [6.07, 6.45) is 9.78. The molecule has 1 heteroatoms. The molecule has 1 aromatic rings. The summed E-state index contributed by atoms with van der Waals surface area (Å²) >= 11 is 0. The lowest BCUT2D eigenvalue weighted by molar-refractivity contribution is 0.0243. The van der Waals surface area contributed by atoms with Crippen molar-refractivity contribution in [3.8, 4) is 11.8 Å². The van der Waals surface area contributed by atoms with Crippen LogP contribution in [0.25, 0.3) is 0 Å². The molecule has 3 aliphatic rings. The van der Waals surface area contributed by atoms with E-state index in [1.165, 1.54) is 44.9 Å². The Morgan fingerprint density at radius 3 is 2.24 bits per heavy atom. The Hall–Kier alpha value is -1.29. The second kappa shape index (κ2) is 5.48. The molecule has 0 amide bonds. The third-order valence-electron chi connectivity index (χ3n) is 6.06. The molecule has 0 radical (unpaired) electrons. The van der Waals surface area contributed by atoms with E-state index in [-0.39, 0.29) is 11.2 Å². The third-order valence-corrected chi connectivity index (χ3v) is 6.06. The highest BCUT2D eigenvalue weighted by atomic mass is 19.1. The summed E-state index contributed by atoms with van der Waals surface area (Å²) in [5.74, 6) is 6.68. The number of fused-ring (bicyclic) bond motifs is 3. The lowest BCUT2D eigenvalue weighted by atomic mass is 9.53. The minimum absolute atomic E-state index is 0.112. The molecule has 0 aliphatic heterocycles. The second-order valence-corrected chi connectivity index (χ2v) is 7.04. The van der Waals surface area contributed by atoms with Crippen molar-refractivity contribution in [3.63, 3.8) is 0 Å². The quantitative estimate of drug-likeness (QED) is 0.630. The first-order valence-electron chi connectivity index (χ1n) is 8.42. The lowest BCUT2D eigenvalue weighted by Crippen LogP contribution is -2.40. The van der Waals surface area contributed by atoms with E-state index in [9.17, 15) is 4.39 Å². The molecular formula is C20H25F. The Morgan fingerprint density at radius 1 is 1.05 bits per heavy atom. The van der Waals surface area contributed by atoms with Crippen LogP contribution in [0.2, 0.25) is 0 Å². The molecule has 3 fully saturated rings. The summed E-state index contributed by atoms with van der Waals surface area (Å²) in [4.78, 5) is 0. The van der Waals surface area contributed by atoms with Crippen molar-refractivity contribution >= 4 is 0 Å². The fourth-order valence-corrected chi connectivity index (χ4v) is 4.10.